The van der Waals surface area contributed by atoms with Crippen molar-refractivity contribution in [3.63, 3.8) is 0 Å². The number of fused-ring (bicyclic) bond motifs is 1. The molecule has 0 aliphatic heterocycles. The Morgan fingerprint density at radius 3 is 2.58 bits per heavy atom. The van der Waals surface area contributed by atoms with Gasteiger partial charge in [-0.2, -0.15) is 0 Å². The molecule has 2 aromatic heterocycles. The highest BCUT2D eigenvalue weighted by molar-refractivity contribution is 6.31. The van der Waals surface area contributed by atoms with Crippen molar-refractivity contribution >= 4 is 28.8 Å². The summed E-state index contributed by atoms with van der Waals surface area (Å²) in [5, 5.41) is 7.47. The van der Waals surface area contributed by atoms with E-state index in [2.05, 4.69) is 15.2 Å². The fourth-order valence-corrected chi connectivity index (χ4v) is 2.06. The van der Waals surface area contributed by atoms with E-state index in [0.29, 0.717) is 5.65 Å². The van der Waals surface area contributed by atoms with Gasteiger partial charge in [0.15, 0.2) is 11.5 Å². The van der Waals surface area contributed by atoms with Gasteiger partial charge in [-0.05, 0) is 12.1 Å². The summed E-state index contributed by atoms with van der Waals surface area (Å²) in [6.07, 6.45) is 2.76. The molecule has 3 rings (SSSR count). The standard InChI is InChI=1S/C11H4Cl2F2N4/c12-6-2-7(14)5(1-8(6)15)11-18-17-10-4-16-3-9(13)19(10)11/h1-4H. The maximum absolute atomic E-state index is 13.9. The number of rotatable bonds is 1. The number of nitrogens with zero attached hydrogens (tertiary/aromatic N) is 4. The number of benzene rings is 1. The van der Waals surface area contributed by atoms with Crippen LogP contribution in [-0.2, 0) is 0 Å². The minimum atomic E-state index is -0.750. The van der Waals surface area contributed by atoms with Gasteiger partial charge >= 0.3 is 0 Å². The molecule has 1 aromatic carbocycles. The van der Waals surface area contributed by atoms with E-state index in [1.54, 1.807) is 0 Å². The monoisotopic (exact) mass is 300 g/mol. The van der Waals surface area contributed by atoms with Crippen LogP contribution in [0.3, 0.4) is 0 Å². The molecule has 0 saturated carbocycles. The van der Waals surface area contributed by atoms with Crippen molar-refractivity contribution in [1.82, 2.24) is 19.6 Å². The molecule has 0 amide bonds. The topological polar surface area (TPSA) is 43.1 Å². The highest BCUT2D eigenvalue weighted by Crippen LogP contribution is 2.28. The molecule has 0 N–H and O–H groups in total. The van der Waals surface area contributed by atoms with Crippen LogP contribution in [0.4, 0.5) is 8.78 Å². The molecular formula is C11H4Cl2F2N4. The van der Waals surface area contributed by atoms with Gasteiger partial charge in [0.25, 0.3) is 0 Å². The highest BCUT2D eigenvalue weighted by atomic mass is 35.5. The average Bonchev–Trinajstić information content (AvgIpc) is 2.79. The number of hydrogen-bond donors (Lipinski definition) is 0. The van der Waals surface area contributed by atoms with Gasteiger partial charge in [-0.1, -0.05) is 23.2 Å². The highest BCUT2D eigenvalue weighted by Gasteiger charge is 2.17. The Labute approximate surface area is 115 Å². The van der Waals surface area contributed by atoms with E-state index in [1.807, 2.05) is 0 Å². The lowest BCUT2D eigenvalue weighted by Gasteiger charge is -2.04. The Bertz CT molecular complexity index is 788. The molecule has 0 aliphatic carbocycles. The lowest BCUT2D eigenvalue weighted by molar-refractivity contribution is 0.602. The predicted molar refractivity (Wildman–Crippen MR) is 66.2 cm³/mol. The maximum Gasteiger partial charge on any atom is 0.180 e. The second-order valence-corrected chi connectivity index (χ2v) is 4.49. The summed E-state index contributed by atoms with van der Waals surface area (Å²) in [7, 11) is 0. The van der Waals surface area contributed by atoms with E-state index in [-0.39, 0.29) is 21.6 Å². The van der Waals surface area contributed by atoms with Gasteiger partial charge in [-0.25, -0.2) is 8.78 Å². The van der Waals surface area contributed by atoms with E-state index >= 15 is 0 Å². The van der Waals surface area contributed by atoms with Crippen molar-refractivity contribution in [2.45, 2.75) is 0 Å². The Morgan fingerprint density at radius 1 is 1.00 bits per heavy atom. The molecule has 0 bridgehead atoms. The van der Waals surface area contributed by atoms with Crippen LogP contribution in [0.2, 0.25) is 10.2 Å². The molecule has 2 heterocycles. The second kappa shape index (κ2) is 4.40. The van der Waals surface area contributed by atoms with Crippen LogP contribution in [0.1, 0.15) is 0 Å². The van der Waals surface area contributed by atoms with Gasteiger partial charge < -0.3 is 0 Å². The third-order valence-corrected chi connectivity index (χ3v) is 3.08. The molecular weight excluding hydrogens is 297 g/mol. The summed E-state index contributed by atoms with van der Waals surface area (Å²) in [5.74, 6) is -1.39. The molecule has 96 valence electrons. The van der Waals surface area contributed by atoms with Gasteiger partial charge in [0.05, 0.1) is 23.0 Å². The second-order valence-electron chi connectivity index (χ2n) is 3.69. The van der Waals surface area contributed by atoms with Gasteiger partial charge in [-0.3, -0.25) is 9.38 Å². The Kier molecular flexibility index (Phi) is 2.83. The lowest BCUT2D eigenvalue weighted by Crippen LogP contribution is -1.96. The summed E-state index contributed by atoms with van der Waals surface area (Å²) < 4.78 is 28.7. The minimum Gasteiger partial charge on any atom is -0.262 e. The first-order valence-corrected chi connectivity index (χ1v) is 5.83. The molecule has 0 radical (unpaired) electrons. The fraction of sp³-hybridized carbons (Fsp3) is 0. The zero-order valence-corrected chi connectivity index (χ0v) is 10.6. The third-order valence-electron chi connectivity index (χ3n) is 2.52. The van der Waals surface area contributed by atoms with E-state index in [9.17, 15) is 8.78 Å². The van der Waals surface area contributed by atoms with E-state index in [1.165, 1.54) is 16.8 Å². The number of halogens is 4. The maximum atomic E-state index is 13.9. The first-order chi connectivity index (χ1) is 9.08. The summed E-state index contributed by atoms with van der Waals surface area (Å²) in [5.41, 5.74) is 0.250. The SMILES string of the molecule is Fc1cc(-c2nnc3cncc(Cl)n23)c(F)cc1Cl. The largest absolute Gasteiger partial charge is 0.262 e. The smallest absolute Gasteiger partial charge is 0.180 e. The third kappa shape index (κ3) is 1.93. The summed E-state index contributed by atoms with van der Waals surface area (Å²) in [6, 6.07) is 1.83. The average molecular weight is 301 g/mol. The van der Waals surface area contributed by atoms with Crippen LogP contribution in [0.5, 0.6) is 0 Å². The molecule has 8 heteroatoms. The summed E-state index contributed by atoms with van der Waals surface area (Å²) in [4.78, 5) is 3.83. The first kappa shape index (κ1) is 12.3. The van der Waals surface area contributed by atoms with E-state index in [0.717, 1.165) is 12.1 Å². The lowest BCUT2D eigenvalue weighted by atomic mass is 10.2. The van der Waals surface area contributed by atoms with Crippen LogP contribution in [0.15, 0.2) is 24.5 Å². The van der Waals surface area contributed by atoms with Crippen LogP contribution >= 0.6 is 23.2 Å². The van der Waals surface area contributed by atoms with Crippen molar-refractivity contribution in [2.24, 2.45) is 0 Å². The van der Waals surface area contributed by atoms with Crippen LogP contribution in [0.25, 0.3) is 17.0 Å². The molecule has 0 saturated heterocycles. The van der Waals surface area contributed by atoms with E-state index in [4.69, 9.17) is 23.2 Å². The molecule has 19 heavy (non-hydrogen) atoms. The molecule has 3 aromatic rings. The molecule has 0 fully saturated rings. The Hall–Kier alpha value is -1.79. The van der Waals surface area contributed by atoms with Crippen molar-refractivity contribution in [2.75, 3.05) is 0 Å². The normalized spacial score (nSPS) is 11.2. The van der Waals surface area contributed by atoms with Crippen molar-refractivity contribution in [3.05, 3.63) is 46.3 Å². The van der Waals surface area contributed by atoms with Gasteiger partial charge in [0.2, 0.25) is 0 Å². The number of hydrogen-bond acceptors (Lipinski definition) is 3. The zero-order chi connectivity index (χ0) is 13.6. The Balaban J connectivity index is 2.34. The molecule has 0 unspecified atom stereocenters. The molecule has 0 aliphatic rings. The summed E-state index contributed by atoms with van der Waals surface area (Å²) >= 11 is 11.5. The van der Waals surface area contributed by atoms with Crippen molar-refractivity contribution in [3.8, 4) is 11.4 Å². The van der Waals surface area contributed by atoms with Crippen molar-refractivity contribution < 1.29 is 8.78 Å². The van der Waals surface area contributed by atoms with Crippen LogP contribution in [0, 0.1) is 11.6 Å². The van der Waals surface area contributed by atoms with Gasteiger partial charge in [0, 0.05) is 0 Å². The van der Waals surface area contributed by atoms with Crippen LogP contribution < -0.4 is 0 Å². The quantitative estimate of drug-likeness (QED) is 0.647. The van der Waals surface area contributed by atoms with E-state index < -0.39 is 11.6 Å². The Morgan fingerprint density at radius 2 is 1.79 bits per heavy atom. The zero-order valence-electron chi connectivity index (χ0n) is 9.11. The van der Waals surface area contributed by atoms with Crippen LogP contribution in [-0.4, -0.2) is 19.6 Å². The molecule has 0 spiro atoms. The number of aromatic nitrogens is 4. The fourth-order valence-electron chi connectivity index (χ4n) is 1.68. The molecule has 4 nitrogen and oxygen atoms in total. The molecule has 0 atom stereocenters. The minimum absolute atomic E-state index is 0.0791. The predicted octanol–water partition coefficient (Wildman–Crippen LogP) is 3.38. The van der Waals surface area contributed by atoms with Crippen molar-refractivity contribution in [1.29, 1.82) is 0 Å². The van der Waals surface area contributed by atoms with Gasteiger partial charge in [-0.15, -0.1) is 10.2 Å². The summed E-state index contributed by atoms with van der Waals surface area (Å²) in [6.45, 7) is 0. The first-order valence-electron chi connectivity index (χ1n) is 5.07. The van der Waals surface area contributed by atoms with Gasteiger partial charge in [0.1, 0.15) is 16.8 Å².